The molecule has 3 N–H and O–H groups in total. The van der Waals surface area contributed by atoms with Gasteiger partial charge in [0.05, 0.1) is 17.3 Å². The molecule has 42 heavy (non-hydrogen) atoms. The lowest BCUT2D eigenvalue weighted by atomic mass is 10.1. The molecule has 0 amide bonds. The van der Waals surface area contributed by atoms with E-state index >= 15 is 0 Å². The van der Waals surface area contributed by atoms with Gasteiger partial charge in [0.2, 0.25) is 0 Å². The standard InChI is InChI=1S/C30H39N9O3/c1-21-26(9-6-13-31-21)42-18-17-39(15-4-3-8-23-11-10-22-7-5-14-32-27(22)36-23)16-12-25(30(40)41)37-28-24-19-35-38(2)29(24)34-20-33-28/h6,9-11,13,19-20,25H,3-5,7-8,12,14-18H2,1-2H3,(H,32,36)(H,40,41)(H,33,34,37). The van der Waals surface area contributed by atoms with Crippen LogP contribution in [0.25, 0.3) is 11.0 Å². The van der Waals surface area contributed by atoms with Crippen LogP contribution in [0.4, 0.5) is 11.6 Å². The van der Waals surface area contributed by atoms with Crippen molar-refractivity contribution in [1.82, 2.24) is 34.6 Å². The van der Waals surface area contributed by atoms with Crippen LogP contribution >= 0.6 is 0 Å². The Bertz CT molecular complexity index is 1490. The van der Waals surface area contributed by atoms with Crippen LogP contribution in [0.15, 0.2) is 43.0 Å². The van der Waals surface area contributed by atoms with Crippen molar-refractivity contribution in [3.63, 3.8) is 0 Å². The molecule has 4 aromatic rings. The maximum atomic E-state index is 12.2. The molecular weight excluding hydrogens is 534 g/mol. The van der Waals surface area contributed by atoms with Crippen molar-refractivity contribution in [2.45, 2.75) is 51.5 Å². The largest absolute Gasteiger partial charge is 0.490 e. The molecule has 0 aliphatic carbocycles. The van der Waals surface area contributed by atoms with E-state index in [0.717, 1.165) is 68.1 Å². The first kappa shape index (κ1) is 29.2. The van der Waals surface area contributed by atoms with Crippen molar-refractivity contribution in [3.05, 3.63) is 59.9 Å². The summed E-state index contributed by atoms with van der Waals surface area (Å²) in [6, 6.07) is 7.30. The van der Waals surface area contributed by atoms with E-state index in [4.69, 9.17) is 9.72 Å². The average Bonchev–Trinajstić information content (AvgIpc) is 3.38. The van der Waals surface area contributed by atoms with E-state index in [1.54, 1.807) is 24.1 Å². The zero-order valence-corrected chi connectivity index (χ0v) is 24.3. The number of nitrogens with one attached hydrogen (secondary N) is 2. The molecule has 1 atom stereocenters. The molecule has 0 saturated heterocycles. The quantitative estimate of drug-likeness (QED) is 0.180. The minimum atomic E-state index is -0.931. The Morgan fingerprint density at radius 2 is 2.10 bits per heavy atom. The van der Waals surface area contributed by atoms with Gasteiger partial charge in [-0.2, -0.15) is 5.10 Å². The Hall–Kier alpha value is -4.32. The first-order valence-electron chi connectivity index (χ1n) is 14.6. The highest BCUT2D eigenvalue weighted by Gasteiger charge is 2.21. The number of pyridine rings is 2. The molecule has 0 saturated carbocycles. The summed E-state index contributed by atoms with van der Waals surface area (Å²) < 4.78 is 7.66. The van der Waals surface area contributed by atoms with Gasteiger partial charge in [-0.3, -0.25) is 14.6 Å². The minimum absolute atomic E-state index is 0.394. The van der Waals surface area contributed by atoms with E-state index in [-0.39, 0.29) is 0 Å². The Kier molecular flexibility index (Phi) is 9.75. The number of aromatic nitrogens is 6. The summed E-state index contributed by atoms with van der Waals surface area (Å²) in [6.07, 6.45) is 10.3. The van der Waals surface area contributed by atoms with Crippen molar-refractivity contribution in [3.8, 4) is 5.75 Å². The van der Waals surface area contributed by atoms with Crippen molar-refractivity contribution >= 4 is 28.6 Å². The molecule has 1 aliphatic heterocycles. The number of anilines is 2. The maximum Gasteiger partial charge on any atom is 0.326 e. The lowest BCUT2D eigenvalue weighted by molar-refractivity contribution is -0.138. The van der Waals surface area contributed by atoms with Crippen LogP contribution in [0.1, 0.15) is 42.6 Å². The summed E-state index contributed by atoms with van der Waals surface area (Å²) in [5.41, 5.74) is 3.89. The van der Waals surface area contributed by atoms with Gasteiger partial charge in [-0.25, -0.2) is 19.7 Å². The number of nitrogens with zero attached hydrogens (tertiary/aromatic N) is 7. The SMILES string of the molecule is Cc1ncccc1OCCN(CCCCc1ccc2c(n1)NCCC2)CCC(Nc1ncnc2c1cnn2C)C(=O)O. The van der Waals surface area contributed by atoms with Crippen molar-refractivity contribution < 1.29 is 14.6 Å². The third-order valence-electron chi connectivity index (χ3n) is 7.61. The van der Waals surface area contributed by atoms with Crippen LogP contribution in [-0.2, 0) is 24.7 Å². The molecule has 0 radical (unpaired) electrons. The van der Waals surface area contributed by atoms with Crippen LogP contribution < -0.4 is 15.4 Å². The number of carboxylic acid groups (broad SMARTS) is 1. The van der Waals surface area contributed by atoms with E-state index in [1.165, 1.54) is 11.9 Å². The van der Waals surface area contributed by atoms with Crippen LogP contribution in [0.5, 0.6) is 5.75 Å². The second kappa shape index (κ2) is 14.0. The Morgan fingerprint density at radius 1 is 1.19 bits per heavy atom. The number of carbonyl (C=O) groups is 1. The minimum Gasteiger partial charge on any atom is -0.490 e. The summed E-state index contributed by atoms with van der Waals surface area (Å²) >= 11 is 0. The van der Waals surface area contributed by atoms with Gasteiger partial charge in [-0.05, 0) is 75.8 Å². The lowest BCUT2D eigenvalue weighted by Gasteiger charge is -2.25. The number of rotatable bonds is 15. The molecule has 0 fully saturated rings. The Balaban J connectivity index is 1.18. The summed E-state index contributed by atoms with van der Waals surface area (Å²) in [5.74, 6) is 1.33. The van der Waals surface area contributed by atoms with E-state index in [9.17, 15) is 9.90 Å². The molecule has 12 heteroatoms. The van der Waals surface area contributed by atoms with Crippen molar-refractivity contribution in [1.29, 1.82) is 0 Å². The summed E-state index contributed by atoms with van der Waals surface area (Å²) in [6.45, 7) is 5.47. The van der Waals surface area contributed by atoms with E-state index in [2.05, 4.69) is 47.7 Å². The van der Waals surface area contributed by atoms with Crippen LogP contribution in [0.3, 0.4) is 0 Å². The molecule has 1 unspecified atom stereocenters. The van der Waals surface area contributed by atoms with E-state index < -0.39 is 12.0 Å². The molecule has 12 nitrogen and oxygen atoms in total. The van der Waals surface area contributed by atoms with Crippen LogP contribution in [-0.4, -0.2) is 84.5 Å². The van der Waals surface area contributed by atoms with Gasteiger partial charge in [0, 0.05) is 38.6 Å². The highest BCUT2D eigenvalue weighted by Crippen LogP contribution is 2.21. The average molecular weight is 574 g/mol. The number of ether oxygens (including phenoxy) is 1. The third-order valence-corrected chi connectivity index (χ3v) is 7.61. The highest BCUT2D eigenvalue weighted by molar-refractivity contribution is 5.88. The van der Waals surface area contributed by atoms with Gasteiger partial charge in [0.25, 0.3) is 0 Å². The highest BCUT2D eigenvalue weighted by atomic mass is 16.5. The van der Waals surface area contributed by atoms with Gasteiger partial charge in [0.1, 0.15) is 36.4 Å². The van der Waals surface area contributed by atoms with E-state index in [1.807, 2.05) is 19.1 Å². The smallest absolute Gasteiger partial charge is 0.326 e. The molecule has 5 heterocycles. The topological polar surface area (TPSA) is 143 Å². The molecule has 0 spiro atoms. The van der Waals surface area contributed by atoms with Gasteiger partial charge >= 0.3 is 5.97 Å². The van der Waals surface area contributed by atoms with Gasteiger partial charge < -0.3 is 20.5 Å². The molecular formula is C30H39N9O3. The normalized spacial score (nSPS) is 13.5. The van der Waals surface area contributed by atoms with Gasteiger partial charge in [-0.1, -0.05) is 6.07 Å². The maximum absolute atomic E-state index is 12.2. The molecule has 222 valence electrons. The summed E-state index contributed by atoms with van der Waals surface area (Å²) in [7, 11) is 1.79. The number of unbranched alkanes of at least 4 members (excludes halogenated alkanes) is 1. The third kappa shape index (κ3) is 7.49. The first-order valence-corrected chi connectivity index (χ1v) is 14.6. The number of aliphatic carboxylic acids is 1. The number of hydrogen-bond acceptors (Lipinski definition) is 10. The van der Waals surface area contributed by atoms with Gasteiger partial charge in [-0.15, -0.1) is 0 Å². The second-order valence-electron chi connectivity index (χ2n) is 10.6. The number of carboxylic acids is 1. The molecule has 0 bridgehead atoms. The predicted octanol–water partition coefficient (Wildman–Crippen LogP) is 3.48. The molecule has 4 aromatic heterocycles. The summed E-state index contributed by atoms with van der Waals surface area (Å²) in [5, 5.41) is 21.5. The van der Waals surface area contributed by atoms with Gasteiger partial charge in [0.15, 0.2) is 5.65 Å². The van der Waals surface area contributed by atoms with Crippen molar-refractivity contribution in [2.75, 3.05) is 43.4 Å². The molecule has 0 aromatic carbocycles. The van der Waals surface area contributed by atoms with Crippen molar-refractivity contribution in [2.24, 2.45) is 7.05 Å². The lowest BCUT2D eigenvalue weighted by Crippen LogP contribution is -2.37. The Labute approximate surface area is 245 Å². The zero-order chi connectivity index (χ0) is 29.3. The fourth-order valence-corrected chi connectivity index (χ4v) is 5.20. The van der Waals surface area contributed by atoms with Crippen LogP contribution in [0.2, 0.25) is 0 Å². The Morgan fingerprint density at radius 3 is 2.95 bits per heavy atom. The molecule has 5 rings (SSSR count). The zero-order valence-electron chi connectivity index (χ0n) is 24.3. The fraction of sp³-hybridized carbons (Fsp3) is 0.467. The fourth-order valence-electron chi connectivity index (χ4n) is 5.20. The predicted molar refractivity (Wildman–Crippen MR) is 161 cm³/mol. The first-order chi connectivity index (χ1) is 20.5. The number of fused-ring (bicyclic) bond motifs is 2. The van der Waals surface area contributed by atoms with Crippen LogP contribution in [0, 0.1) is 6.92 Å². The number of aryl methyl sites for hydroxylation is 4. The second-order valence-corrected chi connectivity index (χ2v) is 10.6. The number of hydrogen-bond donors (Lipinski definition) is 3. The van der Waals surface area contributed by atoms with E-state index in [0.29, 0.717) is 43.0 Å². The monoisotopic (exact) mass is 573 g/mol. The molecule has 1 aliphatic rings. The summed E-state index contributed by atoms with van der Waals surface area (Å²) in [4.78, 5) is 32.1.